The molecule has 106 valence electrons. The van der Waals surface area contributed by atoms with Crippen LogP contribution in [0.2, 0.25) is 0 Å². The van der Waals surface area contributed by atoms with Gasteiger partial charge in [-0.3, -0.25) is 0 Å². The molecule has 0 spiro atoms. The average Bonchev–Trinajstić information content (AvgIpc) is 2.51. The van der Waals surface area contributed by atoms with Crippen LogP contribution in [0, 0.1) is 6.92 Å². The van der Waals surface area contributed by atoms with Gasteiger partial charge >= 0.3 is 0 Å². The maximum absolute atomic E-state index is 2.44. The van der Waals surface area contributed by atoms with Crippen molar-refractivity contribution in [2.75, 3.05) is 0 Å². The van der Waals surface area contributed by atoms with Gasteiger partial charge in [0.2, 0.25) is 0 Å². The molecule has 0 nitrogen and oxygen atoms in total. The molecule has 2 aromatic carbocycles. The van der Waals surface area contributed by atoms with Gasteiger partial charge in [0.25, 0.3) is 0 Å². The molecule has 0 saturated heterocycles. The molecule has 0 aliphatic heterocycles. The lowest BCUT2D eigenvalue weighted by Gasteiger charge is -2.35. The van der Waals surface area contributed by atoms with Crippen LogP contribution in [0.5, 0.6) is 0 Å². The minimum Gasteiger partial charge on any atom is -0.0623 e. The summed E-state index contributed by atoms with van der Waals surface area (Å²) >= 11 is 0. The summed E-state index contributed by atoms with van der Waals surface area (Å²) in [4.78, 5) is 0. The van der Waals surface area contributed by atoms with E-state index < -0.39 is 0 Å². The smallest absolute Gasteiger partial charge is 0.00726 e. The first-order chi connectivity index (χ1) is 9.72. The monoisotopic (exact) mass is 266 g/mol. The van der Waals surface area contributed by atoms with Crippen LogP contribution in [-0.4, -0.2) is 0 Å². The molecule has 1 aliphatic rings. The molecule has 0 bridgehead atoms. The second kappa shape index (κ2) is 7.28. The lowest BCUT2D eigenvalue weighted by molar-refractivity contribution is 0.318. The molecular formula is C20H26. The highest BCUT2D eigenvalue weighted by Crippen LogP contribution is 2.40. The standard InChI is InChI=1S/C14H20.C6H6/c1-12-8-4-5-9-13(12)14(2)10-6-3-7-11-14;1-2-4-6-5-3-1/h4-5,8-9H,3,6-7,10-11H2,1-2H3;1-6H. The van der Waals surface area contributed by atoms with E-state index in [-0.39, 0.29) is 0 Å². The van der Waals surface area contributed by atoms with Crippen LogP contribution in [0.4, 0.5) is 0 Å². The summed E-state index contributed by atoms with van der Waals surface area (Å²) in [7, 11) is 0. The number of rotatable bonds is 1. The molecule has 0 unspecified atom stereocenters. The second-order valence-corrected chi connectivity index (χ2v) is 6.09. The van der Waals surface area contributed by atoms with Crippen LogP contribution >= 0.6 is 0 Å². The zero-order valence-corrected chi connectivity index (χ0v) is 12.8. The van der Waals surface area contributed by atoms with E-state index >= 15 is 0 Å². The van der Waals surface area contributed by atoms with Gasteiger partial charge in [-0.05, 0) is 36.3 Å². The first kappa shape index (κ1) is 14.8. The first-order valence-electron chi connectivity index (χ1n) is 7.78. The van der Waals surface area contributed by atoms with Gasteiger partial charge < -0.3 is 0 Å². The highest BCUT2D eigenvalue weighted by molar-refractivity contribution is 5.33. The maximum Gasteiger partial charge on any atom is -0.00726 e. The minimum absolute atomic E-state index is 0.462. The molecule has 3 rings (SSSR count). The molecule has 0 heteroatoms. The van der Waals surface area contributed by atoms with Gasteiger partial charge in [0.05, 0.1) is 0 Å². The second-order valence-electron chi connectivity index (χ2n) is 6.09. The van der Waals surface area contributed by atoms with E-state index in [1.807, 2.05) is 36.4 Å². The van der Waals surface area contributed by atoms with Gasteiger partial charge in [0, 0.05) is 0 Å². The fraction of sp³-hybridized carbons (Fsp3) is 0.400. The van der Waals surface area contributed by atoms with Crippen molar-refractivity contribution in [2.45, 2.75) is 51.4 Å². The molecule has 0 atom stereocenters. The Labute approximate surface area is 123 Å². The van der Waals surface area contributed by atoms with Gasteiger partial charge in [0.15, 0.2) is 0 Å². The topological polar surface area (TPSA) is 0 Å². The van der Waals surface area contributed by atoms with Crippen LogP contribution in [0.25, 0.3) is 0 Å². The van der Waals surface area contributed by atoms with E-state index in [0.717, 1.165) is 0 Å². The lowest BCUT2D eigenvalue weighted by atomic mass is 9.70. The Hall–Kier alpha value is -1.56. The van der Waals surface area contributed by atoms with E-state index in [0.29, 0.717) is 5.41 Å². The average molecular weight is 266 g/mol. The molecular weight excluding hydrogens is 240 g/mol. The summed E-state index contributed by atoms with van der Waals surface area (Å²) < 4.78 is 0. The minimum atomic E-state index is 0.462. The molecule has 2 aromatic rings. The van der Waals surface area contributed by atoms with Crippen LogP contribution in [0.15, 0.2) is 60.7 Å². The van der Waals surface area contributed by atoms with Gasteiger partial charge in [-0.1, -0.05) is 86.8 Å². The van der Waals surface area contributed by atoms with Gasteiger partial charge in [-0.25, -0.2) is 0 Å². The predicted molar refractivity (Wildman–Crippen MR) is 88.1 cm³/mol. The Morgan fingerprint density at radius 2 is 1.20 bits per heavy atom. The summed E-state index contributed by atoms with van der Waals surface area (Å²) in [5.74, 6) is 0. The predicted octanol–water partition coefficient (Wildman–Crippen LogP) is 5.90. The third-order valence-electron chi connectivity index (χ3n) is 4.42. The van der Waals surface area contributed by atoms with Crippen molar-refractivity contribution in [1.82, 2.24) is 0 Å². The van der Waals surface area contributed by atoms with E-state index in [2.05, 4.69) is 38.1 Å². The highest BCUT2D eigenvalue weighted by Gasteiger charge is 2.29. The summed E-state index contributed by atoms with van der Waals surface area (Å²) in [6.07, 6.45) is 6.99. The Kier molecular flexibility index (Phi) is 5.40. The zero-order chi connectivity index (χ0) is 14.3. The fourth-order valence-electron chi connectivity index (χ4n) is 3.24. The fourth-order valence-corrected chi connectivity index (χ4v) is 3.24. The molecule has 0 amide bonds. The van der Waals surface area contributed by atoms with Crippen molar-refractivity contribution in [1.29, 1.82) is 0 Å². The van der Waals surface area contributed by atoms with Crippen molar-refractivity contribution < 1.29 is 0 Å². The van der Waals surface area contributed by atoms with Crippen LogP contribution in [0.1, 0.15) is 50.2 Å². The Morgan fingerprint density at radius 1 is 0.700 bits per heavy atom. The molecule has 0 heterocycles. The molecule has 0 aromatic heterocycles. The summed E-state index contributed by atoms with van der Waals surface area (Å²) in [5, 5.41) is 0. The number of hydrogen-bond donors (Lipinski definition) is 0. The third kappa shape index (κ3) is 3.96. The Balaban J connectivity index is 0.000000205. The van der Waals surface area contributed by atoms with Crippen LogP contribution < -0.4 is 0 Å². The van der Waals surface area contributed by atoms with Crippen molar-refractivity contribution in [3.05, 3.63) is 71.8 Å². The van der Waals surface area contributed by atoms with E-state index in [1.165, 1.54) is 37.7 Å². The largest absolute Gasteiger partial charge is 0.0623 e. The van der Waals surface area contributed by atoms with E-state index in [9.17, 15) is 0 Å². The third-order valence-corrected chi connectivity index (χ3v) is 4.42. The number of benzene rings is 2. The SMILES string of the molecule is Cc1ccccc1C1(C)CCCCC1.c1ccccc1. The summed E-state index contributed by atoms with van der Waals surface area (Å²) in [6.45, 7) is 4.68. The molecule has 1 fully saturated rings. The molecule has 0 radical (unpaired) electrons. The van der Waals surface area contributed by atoms with Gasteiger partial charge in [-0.2, -0.15) is 0 Å². The van der Waals surface area contributed by atoms with Crippen LogP contribution in [0.3, 0.4) is 0 Å². The Bertz CT molecular complexity index is 466. The summed E-state index contributed by atoms with van der Waals surface area (Å²) in [6, 6.07) is 20.9. The molecule has 20 heavy (non-hydrogen) atoms. The highest BCUT2D eigenvalue weighted by atomic mass is 14.3. The summed E-state index contributed by atoms with van der Waals surface area (Å²) in [5.41, 5.74) is 3.51. The molecule has 1 saturated carbocycles. The van der Waals surface area contributed by atoms with Crippen molar-refractivity contribution in [3.63, 3.8) is 0 Å². The van der Waals surface area contributed by atoms with Gasteiger partial charge in [-0.15, -0.1) is 0 Å². The van der Waals surface area contributed by atoms with E-state index in [1.54, 1.807) is 5.56 Å². The number of aryl methyl sites for hydroxylation is 1. The maximum atomic E-state index is 2.44. The van der Waals surface area contributed by atoms with Crippen LogP contribution in [-0.2, 0) is 5.41 Å². The quantitative estimate of drug-likeness (QED) is 0.602. The molecule has 0 N–H and O–H groups in total. The molecule has 1 aliphatic carbocycles. The van der Waals surface area contributed by atoms with E-state index in [4.69, 9.17) is 0 Å². The van der Waals surface area contributed by atoms with Crippen molar-refractivity contribution in [3.8, 4) is 0 Å². The lowest BCUT2D eigenvalue weighted by Crippen LogP contribution is -2.25. The van der Waals surface area contributed by atoms with Gasteiger partial charge in [0.1, 0.15) is 0 Å². The normalized spacial score (nSPS) is 16.9. The van der Waals surface area contributed by atoms with Crippen molar-refractivity contribution in [2.24, 2.45) is 0 Å². The Morgan fingerprint density at radius 3 is 1.70 bits per heavy atom. The zero-order valence-electron chi connectivity index (χ0n) is 12.8. The first-order valence-corrected chi connectivity index (χ1v) is 7.78. The number of hydrogen-bond acceptors (Lipinski definition) is 0. The van der Waals surface area contributed by atoms with Crippen molar-refractivity contribution >= 4 is 0 Å².